The Morgan fingerprint density at radius 1 is 1.05 bits per heavy atom. The summed E-state index contributed by atoms with van der Waals surface area (Å²) < 4.78 is 13.4. The summed E-state index contributed by atoms with van der Waals surface area (Å²) in [5.74, 6) is 2.14. The molecule has 39 heavy (non-hydrogen) atoms. The van der Waals surface area contributed by atoms with Gasteiger partial charge in [-0.3, -0.25) is 9.69 Å². The Hall–Kier alpha value is -3.95. The molecule has 2 aliphatic rings. The predicted molar refractivity (Wildman–Crippen MR) is 152 cm³/mol. The molecule has 4 aromatic rings. The first-order valence-corrected chi connectivity index (χ1v) is 13.5. The lowest BCUT2D eigenvalue weighted by Crippen LogP contribution is -2.39. The van der Waals surface area contributed by atoms with Gasteiger partial charge in [0.1, 0.15) is 11.6 Å². The van der Waals surface area contributed by atoms with Crippen LogP contribution in [0.2, 0.25) is 0 Å². The maximum atomic E-state index is 9.54. The van der Waals surface area contributed by atoms with Gasteiger partial charge >= 0.3 is 0 Å². The molecule has 2 aromatic carbocycles. The molecule has 1 amide bonds. The van der Waals surface area contributed by atoms with E-state index in [0.29, 0.717) is 11.9 Å². The van der Waals surface area contributed by atoms with Crippen LogP contribution in [0.5, 0.6) is 11.6 Å². The van der Waals surface area contributed by atoms with Gasteiger partial charge in [0.15, 0.2) is 5.65 Å². The number of carbonyl (C=O) groups is 1. The second-order valence-corrected chi connectivity index (χ2v) is 9.93. The van der Waals surface area contributed by atoms with E-state index in [1.165, 1.54) is 24.0 Å². The van der Waals surface area contributed by atoms with E-state index in [-0.39, 0.29) is 0 Å². The highest BCUT2D eigenvalue weighted by Crippen LogP contribution is 2.30. The Morgan fingerprint density at radius 3 is 2.54 bits per heavy atom. The van der Waals surface area contributed by atoms with Crippen LogP contribution in [0, 0.1) is 13.8 Å². The van der Waals surface area contributed by atoms with Gasteiger partial charge in [-0.05, 0) is 55.5 Å². The van der Waals surface area contributed by atoms with E-state index >= 15 is 0 Å². The Bertz CT molecular complexity index is 1380. The van der Waals surface area contributed by atoms with Gasteiger partial charge in [0.25, 0.3) is 0 Å². The number of morpholine rings is 1. The van der Waals surface area contributed by atoms with Crippen LogP contribution in [-0.2, 0) is 9.53 Å². The molecule has 204 valence electrons. The molecule has 0 spiro atoms. The number of carbonyl (C=O) groups excluding carboxylic acids is 1. The lowest BCUT2D eigenvalue weighted by molar-refractivity contribution is -0.109. The smallest absolute Gasteiger partial charge is 0.224 e. The molecule has 1 saturated heterocycles. The number of fused-ring (bicyclic) bond motifs is 1. The molecule has 9 nitrogen and oxygen atoms in total. The van der Waals surface area contributed by atoms with Gasteiger partial charge in [0.2, 0.25) is 12.3 Å². The average Bonchev–Trinajstić information content (AvgIpc) is 3.68. The molecule has 0 radical (unpaired) electrons. The highest BCUT2D eigenvalue weighted by Gasteiger charge is 2.19. The summed E-state index contributed by atoms with van der Waals surface area (Å²) in [5.41, 5.74) is 5.35. The van der Waals surface area contributed by atoms with Crippen molar-refractivity contribution in [2.45, 2.75) is 32.7 Å². The van der Waals surface area contributed by atoms with E-state index in [4.69, 9.17) is 14.5 Å². The number of amides is 1. The third kappa shape index (κ3) is 7.13. The van der Waals surface area contributed by atoms with Crippen molar-refractivity contribution >= 4 is 17.9 Å². The number of aromatic nitrogens is 3. The summed E-state index contributed by atoms with van der Waals surface area (Å²) in [6.45, 7) is 9.51. The second-order valence-electron chi connectivity index (χ2n) is 9.93. The number of hydrogen-bond donors (Lipinski definition) is 2. The molecule has 0 atom stereocenters. The zero-order valence-corrected chi connectivity index (χ0v) is 22.6. The largest absolute Gasteiger partial charge is 0.439 e. The minimum Gasteiger partial charge on any atom is -0.439 e. The van der Waals surface area contributed by atoms with Gasteiger partial charge in [-0.2, -0.15) is 14.6 Å². The molecule has 0 unspecified atom stereocenters. The van der Waals surface area contributed by atoms with Gasteiger partial charge in [-0.15, -0.1) is 0 Å². The normalized spacial score (nSPS) is 15.3. The Labute approximate surface area is 229 Å². The standard InChI is InChI=1S/C26H29N5O2.C4H7NO/c1-19-8-9-21(16-20(19)2)23-18-28-31-24(27-10-11-30-12-14-32-15-13-30)17-25(29-26(23)31)33-22-6-4-3-5-7-22;6-3-5-4-1-2-4/h3-9,16-18,27H,10-15H2,1-2H3;3-4H,1-2H2,(H,5,6). The van der Waals surface area contributed by atoms with Crippen LogP contribution in [0.25, 0.3) is 16.8 Å². The number of benzene rings is 2. The van der Waals surface area contributed by atoms with Crippen molar-refractivity contribution in [3.8, 4) is 22.8 Å². The second kappa shape index (κ2) is 12.7. The van der Waals surface area contributed by atoms with Crippen molar-refractivity contribution in [1.82, 2.24) is 24.8 Å². The van der Waals surface area contributed by atoms with Gasteiger partial charge < -0.3 is 20.1 Å². The van der Waals surface area contributed by atoms with Crippen molar-refractivity contribution in [3.63, 3.8) is 0 Å². The molecule has 1 aliphatic carbocycles. The van der Waals surface area contributed by atoms with Crippen LogP contribution in [0.1, 0.15) is 24.0 Å². The molecule has 2 fully saturated rings. The fraction of sp³-hybridized carbons (Fsp3) is 0.367. The highest BCUT2D eigenvalue weighted by molar-refractivity contribution is 5.79. The van der Waals surface area contributed by atoms with Crippen LogP contribution < -0.4 is 15.4 Å². The minimum absolute atomic E-state index is 0.530. The summed E-state index contributed by atoms with van der Waals surface area (Å²) >= 11 is 0. The first-order valence-electron chi connectivity index (χ1n) is 13.5. The number of nitrogens with one attached hydrogen (secondary N) is 2. The van der Waals surface area contributed by atoms with E-state index in [1.807, 2.05) is 47.1 Å². The first kappa shape index (κ1) is 26.6. The van der Waals surface area contributed by atoms with Crippen molar-refractivity contribution in [1.29, 1.82) is 0 Å². The summed E-state index contributed by atoms with van der Waals surface area (Å²) in [4.78, 5) is 16.8. The van der Waals surface area contributed by atoms with Crippen molar-refractivity contribution in [2.24, 2.45) is 0 Å². The van der Waals surface area contributed by atoms with E-state index in [0.717, 1.165) is 74.1 Å². The zero-order chi connectivity index (χ0) is 27.0. The number of aryl methyl sites for hydroxylation is 2. The van der Waals surface area contributed by atoms with E-state index in [9.17, 15) is 4.79 Å². The molecule has 1 aliphatic heterocycles. The van der Waals surface area contributed by atoms with E-state index in [2.05, 4.69) is 52.7 Å². The maximum absolute atomic E-state index is 9.54. The molecule has 2 N–H and O–H groups in total. The van der Waals surface area contributed by atoms with Gasteiger partial charge in [0, 0.05) is 43.9 Å². The molecule has 2 aromatic heterocycles. The van der Waals surface area contributed by atoms with Gasteiger partial charge in [-0.1, -0.05) is 36.4 Å². The number of para-hydroxylation sites is 1. The fourth-order valence-corrected chi connectivity index (χ4v) is 4.35. The quantitative estimate of drug-likeness (QED) is 0.310. The average molecular weight is 529 g/mol. The van der Waals surface area contributed by atoms with Crippen LogP contribution >= 0.6 is 0 Å². The van der Waals surface area contributed by atoms with Crippen LogP contribution in [-0.4, -0.2) is 71.3 Å². The van der Waals surface area contributed by atoms with E-state index < -0.39 is 0 Å². The lowest BCUT2D eigenvalue weighted by atomic mass is 10.0. The Kier molecular flexibility index (Phi) is 8.70. The zero-order valence-electron chi connectivity index (χ0n) is 22.6. The molecule has 9 heteroatoms. The number of anilines is 1. The summed E-state index contributed by atoms with van der Waals surface area (Å²) in [6.07, 6.45) is 5.00. The first-order chi connectivity index (χ1) is 19.1. The van der Waals surface area contributed by atoms with E-state index in [1.54, 1.807) is 0 Å². The van der Waals surface area contributed by atoms with Crippen LogP contribution in [0.3, 0.4) is 0 Å². The molecule has 6 rings (SSSR count). The maximum Gasteiger partial charge on any atom is 0.224 e. The predicted octanol–water partition coefficient (Wildman–Crippen LogP) is 4.44. The molecular weight excluding hydrogens is 492 g/mol. The SMILES string of the molecule is Cc1ccc(-c2cnn3c(NCCN4CCOCC4)cc(Oc4ccccc4)nc23)cc1C.O=CNC1CC1. The topological polar surface area (TPSA) is 93.0 Å². The highest BCUT2D eigenvalue weighted by atomic mass is 16.5. The summed E-state index contributed by atoms with van der Waals surface area (Å²) in [5, 5.41) is 10.8. The lowest BCUT2D eigenvalue weighted by Gasteiger charge is -2.26. The van der Waals surface area contributed by atoms with Gasteiger partial charge in [0.05, 0.1) is 19.4 Å². The monoisotopic (exact) mass is 528 g/mol. The Morgan fingerprint density at radius 2 is 1.85 bits per heavy atom. The number of ether oxygens (including phenoxy) is 2. The summed E-state index contributed by atoms with van der Waals surface area (Å²) in [6, 6.07) is 18.6. The molecule has 3 heterocycles. The molecule has 0 bridgehead atoms. The van der Waals surface area contributed by atoms with Crippen LogP contribution in [0.4, 0.5) is 5.82 Å². The van der Waals surface area contributed by atoms with Crippen LogP contribution in [0.15, 0.2) is 60.8 Å². The third-order valence-electron chi connectivity index (χ3n) is 6.95. The molecular formula is C30H36N6O3. The van der Waals surface area contributed by atoms with Crippen molar-refractivity contribution in [2.75, 3.05) is 44.7 Å². The Balaban J connectivity index is 0.000000455. The third-order valence-corrected chi connectivity index (χ3v) is 6.95. The summed E-state index contributed by atoms with van der Waals surface area (Å²) in [7, 11) is 0. The van der Waals surface area contributed by atoms with Crippen molar-refractivity contribution < 1.29 is 14.3 Å². The number of nitrogens with zero attached hydrogens (tertiary/aromatic N) is 4. The fourth-order valence-electron chi connectivity index (χ4n) is 4.35. The minimum atomic E-state index is 0.530. The van der Waals surface area contributed by atoms with Crippen molar-refractivity contribution in [3.05, 3.63) is 71.9 Å². The number of rotatable bonds is 9. The number of hydrogen-bond acceptors (Lipinski definition) is 7. The van der Waals surface area contributed by atoms with Gasteiger partial charge in [-0.25, -0.2) is 0 Å². The molecule has 1 saturated carbocycles.